The molecule has 1 unspecified atom stereocenters. The smallest absolute Gasteiger partial charge is 0.349 e. The van der Waals surface area contributed by atoms with Crippen molar-refractivity contribution in [3.05, 3.63) is 56.4 Å². The summed E-state index contributed by atoms with van der Waals surface area (Å²) in [5, 5.41) is 6.33. The van der Waals surface area contributed by atoms with Crippen molar-refractivity contribution in [2.24, 2.45) is 0 Å². The number of aromatic nitrogens is 3. The Morgan fingerprint density at radius 1 is 1.29 bits per heavy atom. The molecule has 1 aromatic carbocycles. The van der Waals surface area contributed by atoms with Gasteiger partial charge >= 0.3 is 11.4 Å². The van der Waals surface area contributed by atoms with Gasteiger partial charge in [0, 0.05) is 6.04 Å². The Kier molecular flexibility index (Phi) is 4.80. The van der Waals surface area contributed by atoms with Crippen molar-refractivity contribution < 1.29 is 0 Å². The number of hydrogen-bond acceptors (Lipinski definition) is 5. The molecule has 1 aliphatic rings. The number of nitrogens with one attached hydrogen (secondary N) is 3. The van der Waals surface area contributed by atoms with Gasteiger partial charge in [0.2, 0.25) is 5.95 Å². The molecule has 2 aromatic rings. The van der Waals surface area contributed by atoms with Gasteiger partial charge < -0.3 is 10.6 Å². The van der Waals surface area contributed by atoms with Crippen LogP contribution in [-0.4, -0.2) is 27.6 Å². The van der Waals surface area contributed by atoms with Crippen LogP contribution in [0, 0.1) is 6.92 Å². The fourth-order valence-electron chi connectivity index (χ4n) is 3.11. The van der Waals surface area contributed by atoms with E-state index in [2.05, 4.69) is 26.7 Å². The molecule has 24 heavy (non-hydrogen) atoms. The largest absolute Gasteiger partial charge is 0.355 e. The molecule has 0 radical (unpaired) electrons. The van der Waals surface area contributed by atoms with Crippen LogP contribution in [0.15, 0.2) is 33.9 Å². The number of anilines is 1. The van der Waals surface area contributed by atoms with Gasteiger partial charge in [-0.15, -0.1) is 0 Å². The molecular formula is C17H23N5O2. The molecule has 3 N–H and O–H groups in total. The van der Waals surface area contributed by atoms with E-state index >= 15 is 0 Å². The minimum absolute atomic E-state index is 0.0674. The summed E-state index contributed by atoms with van der Waals surface area (Å²) in [6.07, 6.45) is 1.52. The number of benzene rings is 1. The highest BCUT2D eigenvalue weighted by molar-refractivity contribution is 5.32. The third-order valence-corrected chi connectivity index (χ3v) is 4.43. The van der Waals surface area contributed by atoms with Crippen molar-refractivity contribution in [1.29, 1.82) is 0 Å². The van der Waals surface area contributed by atoms with E-state index in [1.54, 1.807) is 0 Å². The fraction of sp³-hybridized carbons (Fsp3) is 0.471. The van der Waals surface area contributed by atoms with E-state index in [0.717, 1.165) is 37.1 Å². The number of hydrogen-bond donors (Lipinski definition) is 3. The molecule has 0 aliphatic carbocycles. The van der Waals surface area contributed by atoms with E-state index in [0.29, 0.717) is 0 Å². The van der Waals surface area contributed by atoms with E-state index in [1.165, 1.54) is 4.57 Å². The van der Waals surface area contributed by atoms with Crippen molar-refractivity contribution >= 4 is 5.95 Å². The predicted octanol–water partition coefficient (Wildman–Crippen LogP) is 1.34. The molecule has 1 aromatic heterocycles. The van der Waals surface area contributed by atoms with Crippen LogP contribution in [0.1, 0.15) is 43.0 Å². The third kappa shape index (κ3) is 3.56. The Hall–Kier alpha value is -2.41. The molecule has 7 heteroatoms. The van der Waals surface area contributed by atoms with Crippen molar-refractivity contribution in [1.82, 2.24) is 19.9 Å². The molecule has 1 fully saturated rings. The highest BCUT2D eigenvalue weighted by Gasteiger charge is 2.20. The van der Waals surface area contributed by atoms with Gasteiger partial charge in [-0.25, -0.2) is 14.2 Å². The van der Waals surface area contributed by atoms with E-state index in [4.69, 9.17) is 0 Å². The summed E-state index contributed by atoms with van der Waals surface area (Å²) in [4.78, 5) is 31.4. The lowest BCUT2D eigenvalue weighted by atomic mass is 10.1. The molecule has 1 atom stereocenters. The first-order valence-corrected chi connectivity index (χ1v) is 8.31. The normalized spacial score (nSPS) is 16.8. The maximum Gasteiger partial charge on any atom is 0.355 e. The number of rotatable bonds is 4. The van der Waals surface area contributed by atoms with Gasteiger partial charge in [-0.3, -0.25) is 4.98 Å². The summed E-state index contributed by atoms with van der Waals surface area (Å²) < 4.78 is 1.24. The Balaban J connectivity index is 1.82. The minimum atomic E-state index is -0.496. The van der Waals surface area contributed by atoms with Gasteiger partial charge in [0.15, 0.2) is 0 Å². The number of aromatic amines is 1. The molecule has 0 saturated carbocycles. The SMILES string of the molecule is Cc1cccc(C(C)Nc2nc(=O)n(C3CCNCC3)c(=O)[nH]2)c1. The maximum absolute atomic E-state index is 12.3. The van der Waals surface area contributed by atoms with Crippen molar-refractivity contribution in [2.75, 3.05) is 18.4 Å². The first-order chi connectivity index (χ1) is 11.5. The zero-order valence-corrected chi connectivity index (χ0v) is 14.0. The highest BCUT2D eigenvalue weighted by atomic mass is 16.2. The topological polar surface area (TPSA) is 91.8 Å². The molecule has 7 nitrogen and oxygen atoms in total. The van der Waals surface area contributed by atoms with Gasteiger partial charge in [-0.2, -0.15) is 4.98 Å². The molecule has 1 aliphatic heterocycles. The van der Waals surface area contributed by atoms with Crippen LogP contribution in [0.4, 0.5) is 5.95 Å². The number of aryl methyl sites for hydroxylation is 1. The number of piperidine rings is 1. The molecule has 1 saturated heterocycles. The van der Waals surface area contributed by atoms with Gasteiger partial charge in [-0.1, -0.05) is 29.8 Å². The molecular weight excluding hydrogens is 306 g/mol. The first-order valence-electron chi connectivity index (χ1n) is 8.31. The highest BCUT2D eigenvalue weighted by Crippen LogP contribution is 2.17. The maximum atomic E-state index is 12.3. The van der Waals surface area contributed by atoms with Crippen molar-refractivity contribution in [3.8, 4) is 0 Å². The summed E-state index contributed by atoms with van der Waals surface area (Å²) in [5.74, 6) is 0.212. The van der Waals surface area contributed by atoms with Crippen LogP contribution in [0.2, 0.25) is 0 Å². The van der Waals surface area contributed by atoms with Gasteiger partial charge in [0.25, 0.3) is 0 Å². The van der Waals surface area contributed by atoms with E-state index < -0.39 is 11.4 Å². The monoisotopic (exact) mass is 329 g/mol. The average molecular weight is 329 g/mol. The molecule has 2 heterocycles. The molecule has 128 valence electrons. The lowest BCUT2D eigenvalue weighted by Crippen LogP contribution is -2.43. The Bertz CT molecular complexity index is 789. The third-order valence-electron chi connectivity index (χ3n) is 4.43. The van der Waals surface area contributed by atoms with Gasteiger partial charge in [0.1, 0.15) is 0 Å². The Morgan fingerprint density at radius 3 is 2.71 bits per heavy atom. The second-order valence-corrected chi connectivity index (χ2v) is 6.30. The quantitative estimate of drug-likeness (QED) is 0.787. The van der Waals surface area contributed by atoms with E-state index in [-0.39, 0.29) is 18.0 Å². The molecule has 3 rings (SSSR count). The van der Waals surface area contributed by atoms with Crippen LogP contribution in [0.3, 0.4) is 0 Å². The fourth-order valence-corrected chi connectivity index (χ4v) is 3.11. The number of nitrogens with zero attached hydrogens (tertiary/aromatic N) is 2. The van der Waals surface area contributed by atoms with E-state index in [1.807, 2.05) is 32.0 Å². The van der Waals surface area contributed by atoms with Crippen LogP contribution < -0.4 is 22.0 Å². The predicted molar refractivity (Wildman–Crippen MR) is 93.5 cm³/mol. The average Bonchev–Trinajstić information content (AvgIpc) is 2.55. The van der Waals surface area contributed by atoms with Gasteiger partial charge in [-0.05, 0) is 45.3 Å². The van der Waals surface area contributed by atoms with Crippen LogP contribution in [0.5, 0.6) is 0 Å². The molecule has 0 amide bonds. The molecule has 0 bridgehead atoms. The zero-order valence-electron chi connectivity index (χ0n) is 14.0. The second kappa shape index (κ2) is 7.00. The summed E-state index contributed by atoms with van der Waals surface area (Å²) >= 11 is 0. The summed E-state index contributed by atoms with van der Waals surface area (Å²) in [6.45, 7) is 5.60. The lowest BCUT2D eigenvalue weighted by molar-refractivity contribution is 0.345. The second-order valence-electron chi connectivity index (χ2n) is 6.30. The Morgan fingerprint density at radius 2 is 2.04 bits per heavy atom. The summed E-state index contributed by atoms with van der Waals surface area (Å²) in [6, 6.07) is 7.91. The Labute approximate surface area is 140 Å². The minimum Gasteiger partial charge on any atom is -0.349 e. The summed E-state index contributed by atoms with van der Waals surface area (Å²) in [7, 11) is 0. The molecule has 0 spiro atoms. The van der Waals surface area contributed by atoms with E-state index in [9.17, 15) is 9.59 Å². The summed E-state index contributed by atoms with van der Waals surface area (Å²) in [5.41, 5.74) is 1.33. The van der Waals surface area contributed by atoms with Crippen LogP contribution in [-0.2, 0) is 0 Å². The zero-order chi connectivity index (χ0) is 17.1. The standard InChI is InChI=1S/C17H23N5O2/c1-11-4-3-5-13(10-11)12(2)19-15-20-16(23)22(17(24)21-15)14-6-8-18-9-7-14/h3-5,10,12,14,18H,6-9H2,1-2H3,(H2,19,20,21,23,24). The van der Waals surface area contributed by atoms with Crippen molar-refractivity contribution in [2.45, 2.75) is 38.8 Å². The first kappa shape index (κ1) is 16.4. The van der Waals surface area contributed by atoms with Gasteiger partial charge in [0.05, 0.1) is 6.04 Å². The van der Waals surface area contributed by atoms with Crippen molar-refractivity contribution in [3.63, 3.8) is 0 Å². The van der Waals surface area contributed by atoms with Crippen LogP contribution >= 0.6 is 0 Å². The number of H-pyrrole nitrogens is 1. The lowest BCUT2D eigenvalue weighted by Gasteiger charge is -2.23. The van der Waals surface area contributed by atoms with Crippen LogP contribution in [0.25, 0.3) is 0 Å².